The fourth-order valence-electron chi connectivity index (χ4n) is 3.87. The first-order chi connectivity index (χ1) is 16.8. The maximum absolute atomic E-state index is 13.5. The molecule has 0 bridgehead atoms. The number of methoxy groups -OCH3 is 1. The molecule has 3 amide bonds. The number of thiocarbonyl (C=S) groups is 1. The third kappa shape index (κ3) is 4.85. The molecule has 2 aliphatic heterocycles. The van der Waals surface area contributed by atoms with E-state index in [0.29, 0.717) is 38.3 Å². The lowest BCUT2D eigenvalue weighted by atomic mass is 10.1. The third-order valence-electron chi connectivity index (χ3n) is 5.63. The number of hydrogen-bond donors (Lipinski definition) is 1. The number of fused-ring (bicyclic) bond motifs is 1. The smallest absolute Gasteiger partial charge is 0.337 e. The van der Waals surface area contributed by atoms with Crippen molar-refractivity contribution < 1.29 is 23.9 Å². The Morgan fingerprint density at radius 2 is 1.74 bits per heavy atom. The van der Waals surface area contributed by atoms with Crippen LogP contribution in [0.5, 0.6) is 0 Å². The molecule has 4 rings (SSSR count). The van der Waals surface area contributed by atoms with Crippen LogP contribution < -0.4 is 10.2 Å². The van der Waals surface area contributed by atoms with E-state index in [1.54, 1.807) is 36.4 Å². The lowest BCUT2D eigenvalue weighted by molar-refractivity contribution is -0.122. The van der Waals surface area contributed by atoms with Gasteiger partial charge in [0.2, 0.25) is 5.91 Å². The third-order valence-corrected chi connectivity index (χ3v) is 7.07. The summed E-state index contributed by atoms with van der Waals surface area (Å²) in [5, 5.41) is 2.73. The molecule has 1 saturated heterocycles. The molecule has 2 aliphatic rings. The van der Waals surface area contributed by atoms with Crippen LogP contribution in [-0.4, -0.2) is 53.1 Å². The molecule has 1 N–H and O–H groups in total. The zero-order valence-corrected chi connectivity index (χ0v) is 20.8. The highest BCUT2D eigenvalue weighted by Crippen LogP contribution is 2.44. The van der Waals surface area contributed by atoms with Gasteiger partial charge < -0.3 is 10.1 Å². The van der Waals surface area contributed by atoms with E-state index >= 15 is 0 Å². The number of ether oxygens (including phenoxy) is 1. The molecule has 1 fully saturated rings. The molecule has 0 unspecified atom stereocenters. The number of nitrogens with zero attached hydrogens (tertiary/aromatic N) is 2. The van der Waals surface area contributed by atoms with E-state index in [1.165, 1.54) is 29.0 Å². The monoisotopic (exact) mass is 509 g/mol. The molecule has 10 heteroatoms. The molecule has 2 aromatic carbocycles. The van der Waals surface area contributed by atoms with Crippen molar-refractivity contribution in [3.05, 3.63) is 64.6 Å². The summed E-state index contributed by atoms with van der Waals surface area (Å²) in [6, 6.07) is 13.3. The van der Waals surface area contributed by atoms with Crippen molar-refractivity contribution in [2.75, 3.05) is 30.4 Å². The zero-order valence-electron chi connectivity index (χ0n) is 19.2. The fraction of sp³-hybridized carbons (Fsp3) is 0.240. The number of thioether (sulfide) groups is 1. The zero-order chi connectivity index (χ0) is 25.1. The molecular formula is C25H23N3O5S2. The first kappa shape index (κ1) is 24.6. The van der Waals surface area contributed by atoms with Gasteiger partial charge in [0.05, 0.1) is 28.8 Å². The number of carbonyl (C=O) groups is 4. The number of anilines is 2. The van der Waals surface area contributed by atoms with Gasteiger partial charge in [-0.1, -0.05) is 55.5 Å². The van der Waals surface area contributed by atoms with Gasteiger partial charge in [0.15, 0.2) is 0 Å². The van der Waals surface area contributed by atoms with Crippen LogP contribution >= 0.6 is 24.0 Å². The van der Waals surface area contributed by atoms with E-state index in [1.807, 2.05) is 6.92 Å². The van der Waals surface area contributed by atoms with Crippen LogP contribution in [0.15, 0.2) is 53.4 Å². The summed E-state index contributed by atoms with van der Waals surface area (Å²) in [7, 11) is 1.29. The van der Waals surface area contributed by atoms with Gasteiger partial charge in [0.25, 0.3) is 11.8 Å². The van der Waals surface area contributed by atoms with Crippen LogP contribution in [-0.2, 0) is 19.1 Å². The minimum atomic E-state index is -0.477. The lowest BCUT2D eigenvalue weighted by Gasteiger charge is -2.17. The first-order valence-electron chi connectivity index (χ1n) is 11.0. The van der Waals surface area contributed by atoms with E-state index in [2.05, 4.69) is 10.1 Å². The summed E-state index contributed by atoms with van der Waals surface area (Å²) < 4.78 is 5.10. The molecule has 2 aromatic rings. The van der Waals surface area contributed by atoms with Crippen LogP contribution in [0.4, 0.5) is 11.4 Å². The Bertz CT molecular complexity index is 1260. The second-order valence-corrected chi connectivity index (χ2v) is 9.55. The molecule has 0 atom stereocenters. The maximum atomic E-state index is 13.5. The summed E-state index contributed by atoms with van der Waals surface area (Å²) in [4.78, 5) is 54.2. The van der Waals surface area contributed by atoms with Gasteiger partial charge in [-0.05, 0) is 36.8 Å². The van der Waals surface area contributed by atoms with Crippen molar-refractivity contribution in [2.24, 2.45) is 0 Å². The number of esters is 1. The van der Waals surface area contributed by atoms with Crippen molar-refractivity contribution >= 4 is 68.9 Å². The predicted molar refractivity (Wildman–Crippen MR) is 139 cm³/mol. The first-order valence-corrected chi connectivity index (χ1v) is 12.3. The summed E-state index contributed by atoms with van der Waals surface area (Å²) in [5.41, 5.74) is 2.26. The molecular weight excluding hydrogens is 486 g/mol. The number of rotatable bonds is 7. The number of hydrogen-bond acceptors (Lipinski definition) is 7. The number of benzene rings is 2. The van der Waals surface area contributed by atoms with Crippen LogP contribution in [0.2, 0.25) is 0 Å². The minimum Gasteiger partial charge on any atom is -0.465 e. The average molecular weight is 510 g/mol. The average Bonchev–Trinajstić information content (AvgIpc) is 3.29. The van der Waals surface area contributed by atoms with Crippen LogP contribution in [0.1, 0.15) is 35.7 Å². The van der Waals surface area contributed by atoms with E-state index in [4.69, 9.17) is 12.2 Å². The lowest BCUT2D eigenvalue weighted by Crippen LogP contribution is -2.35. The Hall–Kier alpha value is -3.50. The highest BCUT2D eigenvalue weighted by molar-refractivity contribution is 8.26. The number of para-hydroxylation sites is 1. The molecule has 2 heterocycles. The minimum absolute atomic E-state index is 0.242. The number of carbonyl (C=O) groups excluding carboxylic acids is 4. The SMILES string of the molecule is CCCCN1C(=O)/C(=C2\C(=O)N(CC(=O)Nc3ccc(C(=O)OC)cc3)c3ccccc32)SC1=S. The topological polar surface area (TPSA) is 96.0 Å². The van der Waals surface area contributed by atoms with Gasteiger partial charge in [0, 0.05) is 17.8 Å². The maximum Gasteiger partial charge on any atom is 0.337 e. The van der Waals surface area contributed by atoms with E-state index in [-0.39, 0.29) is 18.0 Å². The van der Waals surface area contributed by atoms with Crippen molar-refractivity contribution in [1.29, 1.82) is 0 Å². The molecule has 180 valence electrons. The van der Waals surface area contributed by atoms with Crippen LogP contribution in [0, 0.1) is 0 Å². The molecule has 35 heavy (non-hydrogen) atoms. The van der Waals surface area contributed by atoms with Crippen molar-refractivity contribution in [3.8, 4) is 0 Å². The van der Waals surface area contributed by atoms with Gasteiger partial charge in [-0.15, -0.1) is 0 Å². The van der Waals surface area contributed by atoms with Gasteiger partial charge in [-0.3, -0.25) is 24.2 Å². The number of amides is 3. The van der Waals surface area contributed by atoms with E-state index < -0.39 is 17.8 Å². The Labute approximate surface area is 212 Å². The molecule has 0 aromatic heterocycles. The number of nitrogens with one attached hydrogen (secondary N) is 1. The van der Waals surface area contributed by atoms with Crippen LogP contribution in [0.25, 0.3) is 5.57 Å². The highest BCUT2D eigenvalue weighted by atomic mass is 32.2. The second-order valence-electron chi connectivity index (χ2n) is 7.91. The largest absolute Gasteiger partial charge is 0.465 e. The van der Waals surface area contributed by atoms with Gasteiger partial charge in [-0.2, -0.15) is 0 Å². The molecule has 8 nitrogen and oxygen atoms in total. The molecule has 0 aliphatic carbocycles. The summed E-state index contributed by atoms with van der Waals surface area (Å²) in [6.45, 7) is 2.30. The predicted octanol–water partition coefficient (Wildman–Crippen LogP) is 3.83. The fourth-order valence-corrected chi connectivity index (χ4v) is 5.25. The van der Waals surface area contributed by atoms with Crippen molar-refractivity contribution in [2.45, 2.75) is 19.8 Å². The Morgan fingerprint density at radius 3 is 2.43 bits per heavy atom. The number of unbranched alkanes of at least 4 members (excludes halogenated alkanes) is 1. The Morgan fingerprint density at radius 1 is 1.03 bits per heavy atom. The molecule has 0 saturated carbocycles. The Kier molecular flexibility index (Phi) is 7.32. The van der Waals surface area contributed by atoms with Gasteiger partial charge in [-0.25, -0.2) is 4.79 Å². The normalized spacial score (nSPS) is 17.1. The quantitative estimate of drug-likeness (QED) is 0.344. The highest BCUT2D eigenvalue weighted by Gasteiger charge is 2.42. The van der Waals surface area contributed by atoms with E-state index in [9.17, 15) is 19.2 Å². The van der Waals surface area contributed by atoms with E-state index in [0.717, 1.165) is 24.6 Å². The summed E-state index contributed by atoms with van der Waals surface area (Å²) in [5.74, 6) is -1.59. The summed E-state index contributed by atoms with van der Waals surface area (Å²) >= 11 is 6.53. The van der Waals surface area contributed by atoms with Crippen molar-refractivity contribution in [3.63, 3.8) is 0 Å². The summed E-state index contributed by atoms with van der Waals surface area (Å²) in [6.07, 6.45) is 1.73. The van der Waals surface area contributed by atoms with Crippen LogP contribution in [0.3, 0.4) is 0 Å². The second kappa shape index (κ2) is 10.4. The van der Waals surface area contributed by atoms with Crippen molar-refractivity contribution in [1.82, 2.24) is 4.90 Å². The van der Waals surface area contributed by atoms with Gasteiger partial charge >= 0.3 is 5.97 Å². The van der Waals surface area contributed by atoms with Gasteiger partial charge in [0.1, 0.15) is 10.9 Å². The standard InChI is InChI=1S/C25H23N3O5S2/c1-3-4-13-27-23(31)21(35-25(27)34)20-17-7-5-6-8-18(17)28(22(20)30)14-19(29)26-16-11-9-15(10-12-16)24(32)33-2/h5-12H,3-4,13-14H2,1-2H3,(H,26,29)/b21-20+. The Balaban J connectivity index is 1.56. The molecule has 0 spiro atoms. The molecule has 0 radical (unpaired) electrons.